The zero-order chi connectivity index (χ0) is 12.3. The van der Waals surface area contributed by atoms with Crippen molar-refractivity contribution in [2.24, 2.45) is 0 Å². The second kappa shape index (κ2) is 5.97. The van der Waals surface area contributed by atoms with Gasteiger partial charge in [-0.3, -0.25) is 4.79 Å². The second-order valence-electron chi connectivity index (χ2n) is 3.27. The van der Waals surface area contributed by atoms with Crippen molar-refractivity contribution in [2.75, 3.05) is 6.61 Å². The van der Waals surface area contributed by atoms with Crippen LogP contribution in [-0.2, 0) is 0 Å². The predicted molar refractivity (Wildman–Crippen MR) is 81.0 cm³/mol. The van der Waals surface area contributed by atoms with E-state index in [1.54, 1.807) is 6.07 Å². The van der Waals surface area contributed by atoms with Crippen LogP contribution >= 0.6 is 49.9 Å². The maximum absolute atomic E-state index is 11.8. The summed E-state index contributed by atoms with van der Waals surface area (Å²) >= 11 is 6.96. The van der Waals surface area contributed by atoms with Crippen LogP contribution in [0.1, 0.15) is 9.67 Å². The molecule has 1 heterocycles. The summed E-state index contributed by atoms with van der Waals surface area (Å²) in [6.07, 6.45) is 0. The Morgan fingerprint density at radius 1 is 1.35 bits per heavy atom. The molecule has 0 saturated carbocycles. The molecule has 0 saturated heterocycles. The number of halogens is 2. The van der Waals surface area contributed by atoms with Gasteiger partial charge in [-0.2, -0.15) is 0 Å². The number of thiophene rings is 1. The molecule has 17 heavy (non-hydrogen) atoms. The average molecular weight is 423 g/mol. The Kier molecular flexibility index (Phi) is 4.58. The normalized spacial score (nSPS) is 10.2. The molecule has 1 aromatic carbocycles. The van der Waals surface area contributed by atoms with Crippen molar-refractivity contribution >= 4 is 55.6 Å². The number of Topliss-reactive ketones (excluding diaryl/α,β-unsaturated/α-hetero) is 1. The molecule has 2 nitrogen and oxygen atoms in total. The first-order chi connectivity index (χ1) is 8.15. The number of hydrogen-bond donors (Lipinski definition) is 0. The van der Waals surface area contributed by atoms with Crippen molar-refractivity contribution in [2.45, 2.75) is 0 Å². The fourth-order valence-corrected chi connectivity index (χ4v) is 3.07. The molecule has 88 valence electrons. The minimum atomic E-state index is -0.000406. The third-order valence-corrected chi connectivity index (χ3v) is 4.35. The smallest absolute Gasteiger partial charge is 0.210 e. The Bertz CT molecular complexity index is 539. The third-order valence-electron chi connectivity index (χ3n) is 2.01. The molecule has 0 spiro atoms. The fraction of sp³-hybridized carbons (Fsp3) is 0.0833. The van der Waals surface area contributed by atoms with E-state index in [2.05, 4.69) is 38.5 Å². The Balaban J connectivity index is 1.97. The zero-order valence-corrected chi connectivity index (χ0v) is 13.2. The van der Waals surface area contributed by atoms with Crippen molar-refractivity contribution in [1.82, 2.24) is 0 Å². The first kappa shape index (κ1) is 13.0. The first-order valence-corrected chi connectivity index (χ1v) is 7.51. The molecular formula is C12H8BrIO2S. The molecule has 0 radical (unpaired) electrons. The summed E-state index contributed by atoms with van der Waals surface area (Å²) in [6.45, 7) is 0.0764. The van der Waals surface area contributed by atoms with Gasteiger partial charge in [0.2, 0.25) is 5.78 Å². The van der Waals surface area contributed by atoms with Crippen LogP contribution in [0.4, 0.5) is 0 Å². The molecule has 0 aliphatic carbocycles. The predicted octanol–water partition coefficient (Wildman–Crippen LogP) is 4.38. The van der Waals surface area contributed by atoms with Gasteiger partial charge >= 0.3 is 0 Å². The molecule has 0 fully saturated rings. The quantitative estimate of drug-likeness (QED) is 0.540. The molecule has 0 N–H and O–H groups in total. The van der Waals surface area contributed by atoms with E-state index in [0.717, 1.165) is 13.1 Å². The summed E-state index contributed by atoms with van der Waals surface area (Å²) in [4.78, 5) is 12.5. The van der Waals surface area contributed by atoms with E-state index in [0.29, 0.717) is 4.88 Å². The van der Waals surface area contributed by atoms with E-state index in [4.69, 9.17) is 4.74 Å². The lowest BCUT2D eigenvalue weighted by atomic mass is 10.3. The molecule has 2 rings (SSSR count). The fourth-order valence-electron chi connectivity index (χ4n) is 1.24. The van der Waals surface area contributed by atoms with E-state index in [1.165, 1.54) is 11.3 Å². The molecule has 1 aromatic heterocycles. The van der Waals surface area contributed by atoms with Crippen LogP contribution in [0.25, 0.3) is 0 Å². The van der Waals surface area contributed by atoms with Crippen molar-refractivity contribution in [3.05, 3.63) is 48.6 Å². The summed E-state index contributed by atoms with van der Waals surface area (Å²) in [5, 5.41) is 0. The second-order valence-corrected chi connectivity index (χ2v) is 6.98. The highest BCUT2D eigenvalue weighted by atomic mass is 127. The Labute approximate surface area is 125 Å². The maximum atomic E-state index is 11.8. The van der Waals surface area contributed by atoms with E-state index in [1.807, 2.05) is 30.3 Å². The standard InChI is InChI=1S/C12H8BrIO2S/c13-12-5-4-11(17-12)10(15)7-16-9-3-1-2-8(14)6-9/h1-6H,7H2. The molecule has 0 unspecified atom stereocenters. The summed E-state index contributed by atoms with van der Waals surface area (Å²) in [6, 6.07) is 11.3. The lowest BCUT2D eigenvalue weighted by Gasteiger charge is -2.04. The van der Waals surface area contributed by atoms with Gasteiger partial charge in [0.15, 0.2) is 6.61 Å². The van der Waals surface area contributed by atoms with Gasteiger partial charge < -0.3 is 4.74 Å². The third kappa shape index (κ3) is 3.79. The lowest BCUT2D eigenvalue weighted by molar-refractivity contribution is 0.0925. The van der Waals surface area contributed by atoms with Crippen LogP contribution in [-0.4, -0.2) is 12.4 Å². The SMILES string of the molecule is O=C(COc1cccc(I)c1)c1ccc(Br)s1. The Hall–Kier alpha value is -0.400. The number of carbonyl (C=O) groups is 1. The molecule has 0 atom stereocenters. The average Bonchev–Trinajstić information content (AvgIpc) is 2.73. The highest BCUT2D eigenvalue weighted by Crippen LogP contribution is 2.23. The molecule has 5 heteroatoms. The van der Waals surface area contributed by atoms with Gasteiger partial charge in [0.25, 0.3) is 0 Å². The maximum Gasteiger partial charge on any atom is 0.210 e. The zero-order valence-electron chi connectivity index (χ0n) is 8.65. The number of ketones is 1. The number of rotatable bonds is 4. The van der Waals surface area contributed by atoms with Crippen LogP contribution in [0.2, 0.25) is 0 Å². The molecular weight excluding hydrogens is 415 g/mol. The highest BCUT2D eigenvalue weighted by Gasteiger charge is 2.09. The molecule has 0 aliphatic rings. The Morgan fingerprint density at radius 2 is 2.18 bits per heavy atom. The minimum Gasteiger partial charge on any atom is -0.485 e. The molecule has 0 aliphatic heterocycles. The van der Waals surface area contributed by atoms with Crippen LogP contribution < -0.4 is 4.74 Å². The number of benzene rings is 1. The number of hydrogen-bond acceptors (Lipinski definition) is 3. The summed E-state index contributed by atoms with van der Waals surface area (Å²) in [7, 11) is 0. The summed E-state index contributed by atoms with van der Waals surface area (Å²) in [5.41, 5.74) is 0. The van der Waals surface area contributed by atoms with Crippen molar-refractivity contribution in [3.63, 3.8) is 0 Å². The Morgan fingerprint density at radius 3 is 2.82 bits per heavy atom. The van der Waals surface area contributed by atoms with Gasteiger partial charge in [-0.15, -0.1) is 11.3 Å². The first-order valence-electron chi connectivity index (χ1n) is 4.82. The van der Waals surface area contributed by atoms with E-state index >= 15 is 0 Å². The lowest BCUT2D eigenvalue weighted by Crippen LogP contribution is -2.09. The van der Waals surface area contributed by atoms with Crippen LogP contribution in [0.15, 0.2) is 40.2 Å². The molecule has 2 aromatic rings. The van der Waals surface area contributed by atoms with Crippen LogP contribution in [0.3, 0.4) is 0 Å². The van der Waals surface area contributed by atoms with E-state index < -0.39 is 0 Å². The topological polar surface area (TPSA) is 26.3 Å². The van der Waals surface area contributed by atoms with Gasteiger partial charge in [0.1, 0.15) is 5.75 Å². The number of carbonyl (C=O) groups excluding carboxylic acids is 1. The van der Waals surface area contributed by atoms with Gasteiger partial charge in [-0.25, -0.2) is 0 Å². The summed E-state index contributed by atoms with van der Waals surface area (Å²) in [5.74, 6) is 0.723. The van der Waals surface area contributed by atoms with Crippen molar-refractivity contribution < 1.29 is 9.53 Å². The van der Waals surface area contributed by atoms with Crippen molar-refractivity contribution in [3.8, 4) is 5.75 Å². The number of ether oxygens (including phenoxy) is 1. The van der Waals surface area contributed by atoms with Gasteiger partial charge in [-0.05, 0) is 68.9 Å². The summed E-state index contributed by atoms with van der Waals surface area (Å²) < 4.78 is 7.49. The van der Waals surface area contributed by atoms with Crippen LogP contribution in [0.5, 0.6) is 5.75 Å². The van der Waals surface area contributed by atoms with E-state index in [9.17, 15) is 4.79 Å². The minimum absolute atomic E-state index is 0.000406. The van der Waals surface area contributed by atoms with Gasteiger partial charge in [-0.1, -0.05) is 6.07 Å². The largest absolute Gasteiger partial charge is 0.485 e. The van der Waals surface area contributed by atoms with Crippen LogP contribution in [0, 0.1) is 3.57 Å². The van der Waals surface area contributed by atoms with E-state index in [-0.39, 0.29) is 12.4 Å². The monoisotopic (exact) mass is 422 g/mol. The molecule has 0 bridgehead atoms. The highest BCUT2D eigenvalue weighted by molar-refractivity contribution is 14.1. The van der Waals surface area contributed by atoms with Crippen molar-refractivity contribution in [1.29, 1.82) is 0 Å². The molecule has 0 amide bonds. The van der Waals surface area contributed by atoms with Gasteiger partial charge in [0.05, 0.1) is 8.66 Å². The van der Waals surface area contributed by atoms with Gasteiger partial charge in [0, 0.05) is 3.57 Å².